The van der Waals surface area contributed by atoms with E-state index in [1.807, 2.05) is 0 Å². The first-order chi connectivity index (χ1) is 19.5. The van der Waals surface area contributed by atoms with Crippen molar-refractivity contribution in [2.75, 3.05) is 0 Å². The van der Waals surface area contributed by atoms with Gasteiger partial charge in [0, 0.05) is 0 Å². The second-order valence-corrected chi connectivity index (χ2v) is 29.5. The third-order valence-electron chi connectivity index (χ3n) is 5.51. The van der Waals surface area contributed by atoms with Crippen LogP contribution in [0.4, 0.5) is 0 Å². The predicted molar refractivity (Wildman–Crippen MR) is 227 cm³/mol. The summed E-state index contributed by atoms with van der Waals surface area (Å²) in [5, 5.41) is 0. The van der Waals surface area contributed by atoms with Crippen LogP contribution < -0.4 is 5.73 Å². The van der Waals surface area contributed by atoms with Crippen LogP contribution in [0.25, 0.3) is 0 Å². The van der Waals surface area contributed by atoms with Crippen molar-refractivity contribution in [2.24, 2.45) is 5.73 Å². The molecule has 0 atom stereocenters. The summed E-state index contributed by atoms with van der Waals surface area (Å²) in [5.41, 5.74) is 5.53. The first-order valence-electron chi connectivity index (χ1n) is 9.65. The number of nitrogens with two attached hydrogens (primary N) is 1. The summed E-state index contributed by atoms with van der Waals surface area (Å²) in [5.74, 6) is 0. The van der Waals surface area contributed by atoms with Crippen molar-refractivity contribution in [3.05, 3.63) is 0 Å². The lowest BCUT2D eigenvalue weighted by atomic mass is 9.97. The topological polar surface area (TPSA) is 26.0 Å². The van der Waals surface area contributed by atoms with Gasteiger partial charge < -0.3 is 0 Å². The maximum Gasteiger partial charge on any atom is 0.226 e. The highest BCUT2D eigenvalue weighted by atomic mass is 35.6. The molecule has 0 aliphatic heterocycles. The van der Waals surface area contributed by atoms with E-state index in [1.54, 1.807) is 0 Å². The van der Waals surface area contributed by atoms with Crippen LogP contribution in [0.5, 0.6) is 0 Å². The lowest BCUT2D eigenvalue weighted by molar-refractivity contribution is 0.399. The summed E-state index contributed by atoms with van der Waals surface area (Å²) in [7, 11) is 0. The molecule has 0 rings (SSSR count). The summed E-state index contributed by atoms with van der Waals surface area (Å²) >= 11 is 194. The Morgan fingerprint density at radius 3 is 0.383 bits per heavy atom. The Hall–Kier alpha value is 8.95. The molecule has 0 aromatic carbocycles. The number of alkyl halides is 31. The van der Waals surface area contributed by atoms with Crippen LogP contribution in [-0.4, -0.2) is 64.6 Å². The maximum absolute atomic E-state index is 6.49. The van der Waals surface area contributed by atoms with Crippen LogP contribution in [0.15, 0.2) is 0 Å². The minimum Gasteiger partial charge on any atom is -0.298 e. The van der Waals surface area contributed by atoms with Crippen molar-refractivity contribution in [1.82, 2.24) is 0 Å². The molecule has 2 N–H and O–H groups in total. The third kappa shape index (κ3) is 8.46. The fourth-order valence-corrected chi connectivity index (χ4v) is 12.7. The van der Waals surface area contributed by atoms with Crippen molar-refractivity contribution in [3.8, 4) is 0 Å². The molecule has 32 heteroatoms. The van der Waals surface area contributed by atoms with Crippen LogP contribution >= 0.6 is 360 Å². The van der Waals surface area contributed by atoms with Crippen LogP contribution in [0.3, 0.4) is 0 Å². The van der Waals surface area contributed by atoms with Crippen molar-refractivity contribution in [1.29, 1.82) is 0 Å². The quantitative estimate of drug-likeness (QED) is 0.144. The monoisotopic (exact) mass is 1280 g/mol. The second-order valence-electron chi connectivity index (χ2n) is 8.59. The molecule has 0 amide bonds. The Bertz CT molecular complexity index is 1060. The number of rotatable bonds is 13. The Morgan fingerprint density at radius 2 is 0.277 bits per heavy atom. The number of hydrogen-bond donors (Lipinski definition) is 1. The Labute approximate surface area is 423 Å². The van der Waals surface area contributed by atoms with E-state index in [0.29, 0.717) is 0 Å². The molecule has 284 valence electrons. The van der Waals surface area contributed by atoms with E-state index >= 15 is 0 Å². The van der Waals surface area contributed by atoms with E-state index in [1.165, 1.54) is 0 Å². The van der Waals surface area contributed by atoms with Crippen LogP contribution in [0.2, 0.25) is 0 Å². The molecule has 0 aliphatic carbocycles. The fourth-order valence-electron chi connectivity index (χ4n) is 2.56. The third-order valence-corrected chi connectivity index (χ3v) is 27.3. The molecular weight excluding hydrogens is 1290 g/mol. The van der Waals surface area contributed by atoms with Crippen LogP contribution in [0, 0.1) is 0 Å². The zero-order valence-electron chi connectivity index (χ0n) is 19.8. The Balaban J connectivity index is 7.61. The summed E-state index contributed by atoms with van der Waals surface area (Å²) in [6.45, 7) is 0. The summed E-state index contributed by atoms with van der Waals surface area (Å²) in [6, 6.07) is 0. The maximum atomic E-state index is 6.49. The minimum atomic E-state index is -3.57. The summed E-state index contributed by atoms with van der Waals surface area (Å²) in [4.78, 5) is 0. The molecule has 47 heavy (non-hydrogen) atoms. The van der Waals surface area contributed by atoms with Crippen molar-refractivity contribution < 1.29 is 0 Å². The fraction of sp³-hybridized carbons (Fsp3) is 1.00. The van der Waals surface area contributed by atoms with E-state index < -0.39 is 64.6 Å². The van der Waals surface area contributed by atoms with Crippen LogP contribution in [0.1, 0.15) is 0 Å². The molecule has 0 aliphatic rings. The lowest BCUT2D eigenvalue weighted by Crippen LogP contribution is -2.75. The normalized spacial score (nSPS) is 17.4. The molecule has 0 fully saturated rings. The van der Waals surface area contributed by atoms with Crippen molar-refractivity contribution in [3.63, 3.8) is 0 Å². The van der Waals surface area contributed by atoms with Gasteiger partial charge in [0.15, 0.2) is 52.0 Å². The van der Waals surface area contributed by atoms with Gasteiger partial charge in [0.1, 0.15) is 0 Å². The molecule has 0 heterocycles. The van der Waals surface area contributed by atoms with Gasteiger partial charge in [-0.25, -0.2) is 0 Å². The van der Waals surface area contributed by atoms with E-state index in [-0.39, 0.29) is 0 Å². The van der Waals surface area contributed by atoms with Crippen LogP contribution in [-0.2, 0) is 0 Å². The second kappa shape index (κ2) is 16.3. The molecule has 0 radical (unpaired) electrons. The number of halogens is 31. The average Bonchev–Trinajstić information content (AvgIpc) is 2.80. The Morgan fingerprint density at radius 1 is 0.170 bits per heavy atom. The lowest BCUT2D eigenvalue weighted by Gasteiger charge is -2.58. The molecule has 0 unspecified atom stereocenters. The molecule has 0 saturated heterocycles. The van der Waals surface area contributed by atoms with Gasteiger partial charge >= 0.3 is 0 Å². The van der Waals surface area contributed by atoms with E-state index in [4.69, 9.17) is 365 Å². The van der Waals surface area contributed by atoms with Gasteiger partial charge in [-0.15, -0.1) is 0 Å². The first kappa shape index (κ1) is 55.9. The van der Waals surface area contributed by atoms with Crippen molar-refractivity contribution in [2.45, 2.75) is 64.6 Å². The zero-order valence-corrected chi connectivity index (χ0v) is 43.2. The SMILES string of the molecule is NC(Cl)(Cl)C(Cl)(Cl)C(Cl)(Cl)C(Cl)(Cl)C(Cl)(Cl)C(Cl)(Cl)C(Cl)(Cl)C(Cl)(Cl)C(Cl)(Cl)C(Cl)(Cl)C(Cl)(Cl)C(Cl)(Cl)C(Cl)(Cl)C(Cl)(Cl)C(Cl)(Cl)Cl. The summed E-state index contributed by atoms with van der Waals surface area (Å²) in [6.07, 6.45) is 0. The molecule has 1 nitrogen and oxygen atoms in total. The standard InChI is InChI=1S/C15H2Cl31N/c16-1(17,2(18,19)4(22,23)6(26,27)8(30,31)10(34,35)12(38,39)14(42,43)44)3(20,21)5(24,25)7(28,29)9(32,33)11(36,37)13(40,41)15(45,46)47/h47H2. The van der Waals surface area contributed by atoms with Gasteiger partial charge in [-0.3, -0.25) is 5.73 Å². The van der Waals surface area contributed by atoms with Gasteiger partial charge in [-0.05, 0) is 0 Å². The molecule has 0 bridgehead atoms. The molecule has 0 aromatic rings. The highest BCUT2D eigenvalue weighted by Gasteiger charge is 2.87. The van der Waals surface area contributed by atoms with E-state index in [2.05, 4.69) is 0 Å². The minimum absolute atomic E-state index is 2.79. The average molecular weight is 1300 g/mol. The van der Waals surface area contributed by atoms with Gasteiger partial charge in [-0.2, -0.15) is 0 Å². The van der Waals surface area contributed by atoms with Gasteiger partial charge in [0.2, 0.25) is 12.6 Å². The first-order valence-corrected chi connectivity index (χ1v) is 21.4. The molecule has 0 saturated carbocycles. The predicted octanol–water partition coefficient (Wildman–Crippen LogP) is 17.7. The smallest absolute Gasteiger partial charge is 0.226 e. The molecular formula is C15H2Cl31N. The van der Waals surface area contributed by atoms with Gasteiger partial charge in [0.25, 0.3) is 0 Å². The van der Waals surface area contributed by atoms with E-state index in [9.17, 15) is 0 Å². The zero-order chi connectivity index (χ0) is 39.5. The molecule has 0 aromatic heterocycles. The van der Waals surface area contributed by atoms with Crippen molar-refractivity contribution >= 4 is 360 Å². The molecule has 0 spiro atoms. The van der Waals surface area contributed by atoms with E-state index in [0.717, 1.165) is 0 Å². The highest BCUT2D eigenvalue weighted by Crippen LogP contribution is 2.77. The summed E-state index contributed by atoms with van der Waals surface area (Å²) < 4.78 is -49.5. The van der Waals surface area contributed by atoms with Gasteiger partial charge in [0.05, 0.1) is 0 Å². The highest BCUT2D eigenvalue weighted by molar-refractivity contribution is 6.85. The number of hydrogen-bond acceptors (Lipinski definition) is 1. The Kier molecular flexibility index (Phi) is 19.4. The largest absolute Gasteiger partial charge is 0.298 e. The van der Waals surface area contributed by atoms with Gasteiger partial charge in [-0.1, -0.05) is 360 Å².